The Morgan fingerprint density at radius 3 is 2.61 bits per heavy atom. The number of hydrogen-bond acceptors (Lipinski definition) is 9. The number of halogens is 3. The molecule has 1 aromatic carbocycles. The molecule has 0 unspecified atom stereocenters. The number of rotatable bonds is 9. The van der Waals surface area contributed by atoms with E-state index in [-0.39, 0.29) is 59.7 Å². The number of morpholine rings is 1. The van der Waals surface area contributed by atoms with Crippen molar-refractivity contribution in [1.29, 1.82) is 0 Å². The quantitative estimate of drug-likeness (QED) is 0.358. The third-order valence-electron chi connectivity index (χ3n) is 5.46. The molecular formula is C21H25F3N6O5S. The molecular weight excluding hydrogens is 505 g/mol. The molecule has 11 nitrogen and oxygen atoms in total. The van der Waals surface area contributed by atoms with E-state index in [0.717, 1.165) is 6.20 Å². The lowest BCUT2D eigenvalue weighted by Crippen LogP contribution is -2.40. The van der Waals surface area contributed by atoms with Crippen molar-refractivity contribution in [3.05, 3.63) is 30.0 Å². The highest BCUT2D eigenvalue weighted by Crippen LogP contribution is 2.38. The third kappa shape index (κ3) is 5.33. The van der Waals surface area contributed by atoms with Crippen molar-refractivity contribution in [3.8, 4) is 5.75 Å². The van der Waals surface area contributed by atoms with Crippen molar-refractivity contribution in [3.63, 3.8) is 0 Å². The minimum absolute atomic E-state index is 0.0277. The van der Waals surface area contributed by atoms with Gasteiger partial charge in [0.2, 0.25) is 16.0 Å². The smallest absolute Gasteiger partial charge is 0.418 e. The fourth-order valence-electron chi connectivity index (χ4n) is 3.70. The average molecular weight is 531 g/mol. The predicted octanol–water partition coefficient (Wildman–Crippen LogP) is 2.81. The van der Waals surface area contributed by atoms with Gasteiger partial charge in [0, 0.05) is 39.0 Å². The number of ether oxygens (including phenoxy) is 3. The van der Waals surface area contributed by atoms with Crippen molar-refractivity contribution in [2.45, 2.75) is 11.1 Å². The van der Waals surface area contributed by atoms with E-state index in [0.29, 0.717) is 18.9 Å². The zero-order valence-corrected chi connectivity index (χ0v) is 20.3. The summed E-state index contributed by atoms with van der Waals surface area (Å²) in [6.45, 7) is 1.56. The zero-order chi connectivity index (χ0) is 25.9. The number of aromatic nitrogens is 3. The molecule has 3 heterocycles. The summed E-state index contributed by atoms with van der Waals surface area (Å²) in [5.41, 5.74) is -0.618. The molecule has 3 aromatic rings. The minimum atomic E-state index is -4.61. The van der Waals surface area contributed by atoms with Crippen molar-refractivity contribution in [2.24, 2.45) is 0 Å². The number of aromatic amines is 1. The molecule has 3 N–H and O–H groups in total. The van der Waals surface area contributed by atoms with Gasteiger partial charge in [0.05, 0.1) is 48.5 Å². The first-order valence-electron chi connectivity index (χ1n) is 10.9. The number of H-pyrrole nitrogens is 1. The second kappa shape index (κ2) is 10.5. The van der Waals surface area contributed by atoms with Crippen LogP contribution in [0.5, 0.6) is 5.75 Å². The van der Waals surface area contributed by atoms with E-state index in [1.54, 1.807) is 0 Å². The van der Waals surface area contributed by atoms with E-state index in [1.807, 2.05) is 0 Å². The molecule has 0 saturated carbocycles. The lowest BCUT2D eigenvalue weighted by molar-refractivity contribution is -0.136. The number of benzene rings is 1. The number of sulfonamides is 1. The number of nitrogens with zero attached hydrogens (tertiary/aromatic N) is 3. The number of hydrogen-bond donors (Lipinski definition) is 3. The van der Waals surface area contributed by atoms with E-state index >= 15 is 0 Å². The summed E-state index contributed by atoms with van der Waals surface area (Å²) in [5, 5.41) is 5.54. The normalized spacial score (nSPS) is 15.2. The van der Waals surface area contributed by atoms with E-state index < -0.39 is 21.8 Å². The number of nitrogens with one attached hydrogen (secondary N) is 3. The molecule has 196 valence electrons. The molecule has 2 aromatic heterocycles. The van der Waals surface area contributed by atoms with Crippen molar-refractivity contribution >= 4 is 38.5 Å². The predicted molar refractivity (Wildman–Crippen MR) is 125 cm³/mol. The molecule has 1 saturated heterocycles. The SMILES string of the molecule is COCCNc1nc(Nc2ccc(S(=O)(=O)N3CCOCC3)cc2OC)nc2[nH]cc(C(F)(F)F)c12. The Balaban J connectivity index is 1.68. The molecule has 1 aliphatic heterocycles. The number of alkyl halides is 3. The third-order valence-corrected chi connectivity index (χ3v) is 7.36. The summed E-state index contributed by atoms with van der Waals surface area (Å²) >= 11 is 0. The molecule has 0 atom stereocenters. The van der Waals surface area contributed by atoms with Gasteiger partial charge in [-0.15, -0.1) is 0 Å². The standard InChI is InChI=1S/C21H25F3N6O5S/c1-33-8-5-25-18-17-14(21(22,23)24)12-26-19(17)29-20(28-18)27-15-4-3-13(11-16(15)34-2)36(31,32)30-6-9-35-10-7-30/h3-4,11-12H,5-10H2,1-2H3,(H3,25,26,27,28,29). The fraction of sp³-hybridized carbons (Fsp3) is 0.429. The van der Waals surface area contributed by atoms with Crippen molar-refractivity contribution in [1.82, 2.24) is 19.3 Å². The van der Waals surface area contributed by atoms with E-state index in [2.05, 4.69) is 25.6 Å². The molecule has 1 aliphatic rings. The molecule has 0 spiro atoms. The molecule has 1 fully saturated rings. The van der Waals surface area contributed by atoms with Gasteiger partial charge in [-0.2, -0.15) is 27.4 Å². The second-order valence-corrected chi connectivity index (χ2v) is 9.68. The van der Waals surface area contributed by atoms with Gasteiger partial charge >= 0.3 is 6.18 Å². The van der Waals surface area contributed by atoms with Crippen LogP contribution >= 0.6 is 0 Å². The van der Waals surface area contributed by atoms with Crippen LogP contribution in [0.2, 0.25) is 0 Å². The Kier molecular flexibility index (Phi) is 7.54. The average Bonchev–Trinajstić information content (AvgIpc) is 3.30. The summed E-state index contributed by atoms with van der Waals surface area (Å²) in [6, 6.07) is 4.25. The van der Waals surface area contributed by atoms with Gasteiger partial charge in [0.1, 0.15) is 17.2 Å². The Labute approximate surface area is 205 Å². The van der Waals surface area contributed by atoms with Crippen LogP contribution in [0.1, 0.15) is 5.56 Å². The maximum atomic E-state index is 13.5. The van der Waals surface area contributed by atoms with Gasteiger partial charge in [-0.3, -0.25) is 0 Å². The monoisotopic (exact) mass is 530 g/mol. The van der Waals surface area contributed by atoms with Crippen LogP contribution < -0.4 is 15.4 Å². The van der Waals surface area contributed by atoms with Gasteiger partial charge in [0.15, 0.2) is 0 Å². The first-order chi connectivity index (χ1) is 17.1. The van der Waals surface area contributed by atoms with Gasteiger partial charge in [0.25, 0.3) is 0 Å². The van der Waals surface area contributed by atoms with Crippen LogP contribution in [-0.2, 0) is 25.7 Å². The van der Waals surface area contributed by atoms with E-state index in [1.165, 1.54) is 36.7 Å². The summed E-state index contributed by atoms with van der Waals surface area (Å²) in [5.74, 6) is 0.114. The van der Waals surface area contributed by atoms with Crippen LogP contribution in [0.25, 0.3) is 11.0 Å². The molecule has 0 aliphatic carbocycles. The van der Waals surface area contributed by atoms with Crippen LogP contribution in [0.15, 0.2) is 29.3 Å². The molecule has 36 heavy (non-hydrogen) atoms. The van der Waals surface area contributed by atoms with Crippen molar-refractivity contribution in [2.75, 3.05) is 64.3 Å². The first-order valence-corrected chi connectivity index (χ1v) is 12.3. The Morgan fingerprint density at radius 2 is 1.94 bits per heavy atom. The topological polar surface area (TPSA) is 131 Å². The largest absolute Gasteiger partial charge is 0.495 e. The maximum Gasteiger partial charge on any atom is 0.418 e. The van der Waals surface area contributed by atoms with Gasteiger partial charge in [-0.05, 0) is 12.1 Å². The lowest BCUT2D eigenvalue weighted by atomic mass is 10.2. The van der Waals surface area contributed by atoms with E-state index in [9.17, 15) is 21.6 Å². The van der Waals surface area contributed by atoms with Gasteiger partial charge in [-0.25, -0.2) is 8.42 Å². The van der Waals surface area contributed by atoms with Crippen LogP contribution in [-0.4, -0.2) is 81.3 Å². The van der Waals surface area contributed by atoms with Crippen LogP contribution in [0, 0.1) is 0 Å². The van der Waals surface area contributed by atoms with Crippen LogP contribution in [0.3, 0.4) is 0 Å². The van der Waals surface area contributed by atoms with Gasteiger partial charge in [-0.1, -0.05) is 0 Å². The van der Waals surface area contributed by atoms with Crippen molar-refractivity contribution < 1.29 is 35.8 Å². The molecule has 0 radical (unpaired) electrons. The highest BCUT2D eigenvalue weighted by atomic mass is 32.2. The number of fused-ring (bicyclic) bond motifs is 1. The summed E-state index contributed by atoms with van der Waals surface area (Å²) in [6.07, 6.45) is -3.78. The Bertz CT molecular complexity index is 1330. The molecule has 15 heteroatoms. The molecule has 0 amide bonds. The van der Waals surface area contributed by atoms with E-state index in [4.69, 9.17) is 14.2 Å². The molecule has 0 bridgehead atoms. The lowest BCUT2D eigenvalue weighted by Gasteiger charge is -2.26. The Hall–Kier alpha value is -3.14. The maximum absolute atomic E-state index is 13.5. The molecule has 4 rings (SSSR count). The van der Waals surface area contributed by atoms with Gasteiger partial charge < -0.3 is 29.8 Å². The summed E-state index contributed by atoms with van der Waals surface area (Å²) in [7, 11) is -0.925. The highest BCUT2D eigenvalue weighted by molar-refractivity contribution is 7.89. The zero-order valence-electron chi connectivity index (χ0n) is 19.5. The second-order valence-electron chi connectivity index (χ2n) is 7.74. The minimum Gasteiger partial charge on any atom is -0.495 e. The van der Waals surface area contributed by atoms with Crippen LogP contribution in [0.4, 0.5) is 30.6 Å². The number of anilines is 3. The summed E-state index contributed by atoms with van der Waals surface area (Å²) < 4.78 is 83.4. The summed E-state index contributed by atoms with van der Waals surface area (Å²) in [4.78, 5) is 11.0. The number of methoxy groups -OCH3 is 2. The highest BCUT2D eigenvalue weighted by Gasteiger charge is 2.35. The fourth-order valence-corrected chi connectivity index (χ4v) is 5.13. The first kappa shape index (κ1) is 25.9. The Morgan fingerprint density at radius 1 is 1.19 bits per heavy atom.